The van der Waals surface area contributed by atoms with Gasteiger partial charge in [0.25, 0.3) is 0 Å². The zero-order valence-electron chi connectivity index (χ0n) is 9.58. The third kappa shape index (κ3) is 3.66. The number of thiophene rings is 2. The van der Waals surface area contributed by atoms with Crippen molar-refractivity contribution >= 4 is 28.7 Å². The third-order valence-electron chi connectivity index (χ3n) is 2.28. The van der Waals surface area contributed by atoms with E-state index in [0.29, 0.717) is 0 Å². The lowest BCUT2D eigenvalue weighted by Crippen LogP contribution is -1.93. The monoisotopic (exact) mass is 262 g/mol. The summed E-state index contributed by atoms with van der Waals surface area (Å²) < 4.78 is 5.42. The topological polar surface area (TPSA) is 9.23 Å². The molecule has 0 aromatic carbocycles. The molecule has 17 heavy (non-hydrogen) atoms. The van der Waals surface area contributed by atoms with Crippen molar-refractivity contribution in [3.8, 4) is 0 Å². The normalized spacial score (nSPS) is 13.7. The number of rotatable bonds is 5. The van der Waals surface area contributed by atoms with Crippen LogP contribution in [0.1, 0.15) is 15.9 Å². The largest absolute Gasteiger partial charge is 0.372 e. The molecule has 0 N–H and O–H groups in total. The first-order valence-corrected chi connectivity index (χ1v) is 7.10. The maximum atomic E-state index is 5.42. The fourth-order valence-corrected chi connectivity index (χ4v) is 2.85. The van der Waals surface area contributed by atoms with Crippen molar-refractivity contribution in [2.75, 3.05) is 7.11 Å². The average molecular weight is 262 g/mol. The van der Waals surface area contributed by atoms with Gasteiger partial charge in [0.05, 0.1) is 0 Å². The van der Waals surface area contributed by atoms with E-state index in [0.717, 1.165) is 0 Å². The van der Waals surface area contributed by atoms with Gasteiger partial charge >= 0.3 is 0 Å². The number of hydrogen-bond donors (Lipinski definition) is 0. The van der Waals surface area contributed by atoms with Crippen LogP contribution in [0.25, 0.3) is 6.08 Å². The first kappa shape index (κ1) is 12.3. The lowest BCUT2D eigenvalue weighted by atomic mass is 10.2. The maximum absolute atomic E-state index is 5.42. The predicted molar refractivity (Wildman–Crippen MR) is 76.6 cm³/mol. The minimum Gasteiger partial charge on any atom is -0.372 e. The van der Waals surface area contributed by atoms with Gasteiger partial charge in [-0.15, -0.1) is 22.7 Å². The maximum Gasteiger partial charge on any atom is 0.110 e. The van der Waals surface area contributed by atoms with Gasteiger partial charge in [-0.3, -0.25) is 0 Å². The number of allylic oxidation sites excluding steroid dienone is 2. The molecule has 0 saturated heterocycles. The van der Waals surface area contributed by atoms with Crippen LogP contribution in [0, 0.1) is 0 Å². The van der Waals surface area contributed by atoms with Gasteiger partial charge < -0.3 is 4.74 Å². The molecule has 0 aliphatic carbocycles. The van der Waals surface area contributed by atoms with E-state index in [4.69, 9.17) is 4.74 Å². The Morgan fingerprint density at radius 3 is 2.59 bits per heavy atom. The molecule has 2 aromatic rings. The van der Waals surface area contributed by atoms with Crippen LogP contribution in [0.4, 0.5) is 0 Å². The van der Waals surface area contributed by atoms with Crippen LogP contribution in [0.3, 0.4) is 0 Å². The van der Waals surface area contributed by atoms with Gasteiger partial charge in [-0.05, 0) is 29.0 Å². The van der Waals surface area contributed by atoms with Gasteiger partial charge in [0.1, 0.15) is 6.10 Å². The van der Waals surface area contributed by atoms with E-state index in [2.05, 4.69) is 41.1 Å². The van der Waals surface area contributed by atoms with E-state index in [9.17, 15) is 0 Å². The van der Waals surface area contributed by atoms with Gasteiger partial charge in [-0.1, -0.05) is 30.4 Å². The molecule has 3 heteroatoms. The van der Waals surface area contributed by atoms with Crippen molar-refractivity contribution in [3.63, 3.8) is 0 Å². The molecule has 0 aliphatic rings. The molecule has 0 saturated carbocycles. The lowest BCUT2D eigenvalue weighted by molar-refractivity contribution is 0.145. The van der Waals surface area contributed by atoms with Crippen LogP contribution < -0.4 is 0 Å². The molecule has 1 nitrogen and oxygen atoms in total. The Balaban J connectivity index is 1.95. The van der Waals surface area contributed by atoms with Gasteiger partial charge in [0.2, 0.25) is 0 Å². The summed E-state index contributed by atoms with van der Waals surface area (Å²) in [7, 11) is 1.73. The molecule has 88 valence electrons. The van der Waals surface area contributed by atoms with Crippen LogP contribution in [-0.2, 0) is 4.74 Å². The summed E-state index contributed by atoms with van der Waals surface area (Å²) in [5.74, 6) is 0. The number of ether oxygens (including phenoxy) is 1. The molecule has 1 unspecified atom stereocenters. The Morgan fingerprint density at radius 1 is 1.12 bits per heavy atom. The summed E-state index contributed by atoms with van der Waals surface area (Å²) in [5, 5.41) is 4.14. The number of hydrogen-bond acceptors (Lipinski definition) is 3. The lowest BCUT2D eigenvalue weighted by Gasteiger charge is -2.06. The molecule has 1 atom stereocenters. The van der Waals surface area contributed by atoms with E-state index in [-0.39, 0.29) is 6.10 Å². The van der Waals surface area contributed by atoms with Crippen molar-refractivity contribution in [2.45, 2.75) is 6.10 Å². The van der Waals surface area contributed by atoms with Crippen LogP contribution in [0.5, 0.6) is 0 Å². The van der Waals surface area contributed by atoms with Crippen LogP contribution in [0.2, 0.25) is 0 Å². The first-order chi connectivity index (χ1) is 8.40. The van der Waals surface area contributed by atoms with Crippen molar-refractivity contribution in [1.29, 1.82) is 0 Å². The van der Waals surface area contributed by atoms with Crippen molar-refractivity contribution in [2.24, 2.45) is 0 Å². The van der Waals surface area contributed by atoms with Crippen molar-refractivity contribution in [3.05, 3.63) is 63.0 Å². The molecule has 0 amide bonds. The second kappa shape index (κ2) is 6.55. The van der Waals surface area contributed by atoms with Gasteiger partial charge in [-0.25, -0.2) is 0 Å². The van der Waals surface area contributed by atoms with E-state index in [1.54, 1.807) is 29.8 Å². The highest BCUT2D eigenvalue weighted by molar-refractivity contribution is 7.10. The first-order valence-electron chi connectivity index (χ1n) is 5.34. The second-order valence-electron chi connectivity index (χ2n) is 3.43. The molecule has 0 fully saturated rings. The Bertz CT molecular complexity index is 466. The fraction of sp³-hybridized carbons (Fsp3) is 0.143. The van der Waals surface area contributed by atoms with E-state index >= 15 is 0 Å². The molecule has 0 bridgehead atoms. The standard InChI is InChI=1S/C14H14OS2/c1-15-13(14-9-5-11-17-14)8-3-2-6-12-7-4-10-16-12/h2-11,13H,1H3/b6-2+,8-3+. The summed E-state index contributed by atoms with van der Waals surface area (Å²) >= 11 is 3.45. The summed E-state index contributed by atoms with van der Waals surface area (Å²) in [6, 6.07) is 8.28. The van der Waals surface area contributed by atoms with Crippen molar-refractivity contribution in [1.82, 2.24) is 0 Å². The molecule has 2 rings (SSSR count). The molecule has 0 aliphatic heterocycles. The van der Waals surface area contributed by atoms with Crippen LogP contribution in [-0.4, -0.2) is 7.11 Å². The van der Waals surface area contributed by atoms with Crippen LogP contribution >= 0.6 is 22.7 Å². The molecular formula is C14H14OS2. The van der Waals surface area contributed by atoms with E-state index < -0.39 is 0 Å². The van der Waals surface area contributed by atoms with Gasteiger partial charge in [-0.2, -0.15) is 0 Å². The van der Waals surface area contributed by atoms with E-state index in [1.165, 1.54) is 9.75 Å². The smallest absolute Gasteiger partial charge is 0.110 e. The zero-order valence-corrected chi connectivity index (χ0v) is 11.2. The Kier molecular flexibility index (Phi) is 4.74. The molecular weight excluding hydrogens is 248 g/mol. The minimum absolute atomic E-state index is 0.0583. The molecule has 0 spiro atoms. The van der Waals surface area contributed by atoms with Crippen LogP contribution in [0.15, 0.2) is 53.3 Å². The van der Waals surface area contributed by atoms with Gasteiger partial charge in [0.15, 0.2) is 0 Å². The zero-order chi connectivity index (χ0) is 11.9. The highest BCUT2D eigenvalue weighted by Crippen LogP contribution is 2.23. The highest BCUT2D eigenvalue weighted by atomic mass is 32.1. The quantitative estimate of drug-likeness (QED) is 0.705. The van der Waals surface area contributed by atoms with E-state index in [1.807, 2.05) is 18.2 Å². The molecule has 2 heterocycles. The Hall–Kier alpha value is -1.16. The van der Waals surface area contributed by atoms with Crippen molar-refractivity contribution < 1.29 is 4.74 Å². The third-order valence-corrected chi connectivity index (χ3v) is 4.05. The summed E-state index contributed by atoms with van der Waals surface area (Å²) in [6.07, 6.45) is 8.31. The molecule has 0 radical (unpaired) electrons. The summed E-state index contributed by atoms with van der Waals surface area (Å²) in [4.78, 5) is 2.49. The number of methoxy groups -OCH3 is 1. The Morgan fingerprint density at radius 2 is 1.94 bits per heavy atom. The highest BCUT2D eigenvalue weighted by Gasteiger charge is 2.05. The predicted octanol–water partition coefficient (Wildman–Crippen LogP) is 4.77. The summed E-state index contributed by atoms with van der Waals surface area (Å²) in [6.45, 7) is 0. The minimum atomic E-state index is 0.0583. The second-order valence-corrected chi connectivity index (χ2v) is 5.39. The SMILES string of the molecule is COC(/C=C/C=C/c1cccs1)c1cccs1. The Labute approximate surface area is 110 Å². The fourth-order valence-electron chi connectivity index (χ4n) is 1.44. The average Bonchev–Trinajstić information content (AvgIpc) is 3.01. The summed E-state index contributed by atoms with van der Waals surface area (Å²) in [5.41, 5.74) is 0. The van der Waals surface area contributed by atoms with Gasteiger partial charge in [0, 0.05) is 16.9 Å². The molecule has 2 aromatic heterocycles.